The van der Waals surface area contributed by atoms with Gasteiger partial charge in [-0.05, 0) is 38.1 Å². The Hall–Kier alpha value is -3.78. The number of nitrogen functional groups attached to an aromatic ring is 1. The number of hydrogen-bond acceptors (Lipinski definition) is 2. The van der Waals surface area contributed by atoms with E-state index < -0.39 is 0 Å². The van der Waals surface area contributed by atoms with Crippen LogP contribution in [-0.2, 0) is 0 Å². The summed E-state index contributed by atoms with van der Waals surface area (Å²) in [7, 11) is 0. The fourth-order valence-electron chi connectivity index (χ4n) is 4.17. The molecule has 0 aromatic heterocycles. The van der Waals surface area contributed by atoms with Crippen LogP contribution in [0.5, 0.6) is 0 Å². The smallest absolute Gasteiger partial charge is 0.0619 e. The highest BCUT2D eigenvalue weighted by Crippen LogP contribution is 2.46. The van der Waals surface area contributed by atoms with Crippen LogP contribution in [0.3, 0.4) is 0 Å². The van der Waals surface area contributed by atoms with Crippen molar-refractivity contribution in [1.82, 2.24) is 0 Å². The van der Waals surface area contributed by atoms with Crippen molar-refractivity contribution in [2.45, 2.75) is 13.8 Å². The van der Waals surface area contributed by atoms with Crippen molar-refractivity contribution < 1.29 is 0 Å². The van der Waals surface area contributed by atoms with Gasteiger partial charge in [-0.25, -0.2) is 0 Å². The summed E-state index contributed by atoms with van der Waals surface area (Å²) in [5.74, 6) is 0. The fraction of sp³-hybridized carbons (Fsp3) is 0.0714. The van der Waals surface area contributed by atoms with Gasteiger partial charge in [0.1, 0.15) is 0 Å². The van der Waals surface area contributed by atoms with Crippen molar-refractivity contribution in [3.63, 3.8) is 0 Å². The largest absolute Gasteiger partial charge is 0.398 e. The SMILES string of the molecule is Cc1ccc(N(c2ccc(C)cc2)c2c3ccccc3c(N)c3ccccc23)cc1. The molecule has 0 saturated heterocycles. The van der Waals surface area contributed by atoms with Gasteiger partial charge in [0.15, 0.2) is 0 Å². The van der Waals surface area contributed by atoms with Crippen LogP contribution in [0.15, 0.2) is 97.1 Å². The van der Waals surface area contributed by atoms with E-state index in [9.17, 15) is 0 Å². The molecule has 0 heterocycles. The first kappa shape index (κ1) is 18.3. The van der Waals surface area contributed by atoms with E-state index in [1.807, 2.05) is 0 Å². The van der Waals surface area contributed by atoms with E-state index in [2.05, 4.69) is 116 Å². The Morgan fingerprint density at radius 3 is 1.27 bits per heavy atom. The van der Waals surface area contributed by atoms with E-state index in [0.717, 1.165) is 44.3 Å². The number of rotatable bonds is 3. The predicted molar refractivity (Wildman–Crippen MR) is 130 cm³/mol. The van der Waals surface area contributed by atoms with Crippen LogP contribution in [0.25, 0.3) is 21.5 Å². The molecular weight excluding hydrogens is 364 g/mol. The molecule has 0 fully saturated rings. The van der Waals surface area contributed by atoms with Crippen LogP contribution in [0.2, 0.25) is 0 Å². The van der Waals surface area contributed by atoms with Gasteiger partial charge >= 0.3 is 0 Å². The van der Waals surface area contributed by atoms with Crippen LogP contribution in [0, 0.1) is 13.8 Å². The molecule has 0 bridgehead atoms. The Morgan fingerprint density at radius 1 is 0.500 bits per heavy atom. The average Bonchev–Trinajstić information content (AvgIpc) is 2.78. The Balaban J connectivity index is 1.92. The maximum Gasteiger partial charge on any atom is 0.0619 e. The molecule has 5 aromatic carbocycles. The van der Waals surface area contributed by atoms with Crippen molar-refractivity contribution in [2.75, 3.05) is 10.6 Å². The molecule has 0 unspecified atom stereocenters. The molecule has 0 atom stereocenters. The Morgan fingerprint density at radius 2 is 0.867 bits per heavy atom. The van der Waals surface area contributed by atoms with E-state index in [4.69, 9.17) is 5.73 Å². The molecule has 0 spiro atoms. The lowest BCUT2D eigenvalue weighted by molar-refractivity contribution is 1.29. The third-order valence-electron chi connectivity index (χ3n) is 5.75. The standard InChI is InChI=1S/C28H24N2/c1-19-11-15-21(16-12-19)30(22-17-13-20(2)14-18-22)28-25-9-5-3-7-23(25)27(29)24-8-4-6-10-26(24)28/h3-18H,29H2,1-2H3. The molecule has 5 aromatic rings. The second-order valence-corrected chi connectivity index (χ2v) is 7.86. The second-order valence-electron chi connectivity index (χ2n) is 7.86. The summed E-state index contributed by atoms with van der Waals surface area (Å²) in [5.41, 5.74) is 13.4. The highest BCUT2D eigenvalue weighted by atomic mass is 15.1. The Labute approximate surface area is 177 Å². The van der Waals surface area contributed by atoms with Crippen molar-refractivity contribution in [3.05, 3.63) is 108 Å². The molecule has 2 nitrogen and oxygen atoms in total. The van der Waals surface area contributed by atoms with Gasteiger partial charge in [-0.3, -0.25) is 0 Å². The molecule has 0 radical (unpaired) electrons. The van der Waals surface area contributed by atoms with Crippen molar-refractivity contribution in [3.8, 4) is 0 Å². The minimum atomic E-state index is 0.831. The van der Waals surface area contributed by atoms with Crippen molar-refractivity contribution in [2.24, 2.45) is 0 Å². The van der Waals surface area contributed by atoms with Gasteiger partial charge in [0.05, 0.1) is 5.69 Å². The van der Waals surface area contributed by atoms with E-state index in [0.29, 0.717) is 0 Å². The zero-order valence-electron chi connectivity index (χ0n) is 17.3. The number of nitrogens with zero attached hydrogens (tertiary/aromatic N) is 1. The zero-order valence-corrected chi connectivity index (χ0v) is 17.3. The lowest BCUT2D eigenvalue weighted by Crippen LogP contribution is -2.11. The number of nitrogens with two attached hydrogens (primary N) is 1. The third-order valence-corrected chi connectivity index (χ3v) is 5.75. The molecule has 2 heteroatoms. The average molecular weight is 389 g/mol. The van der Waals surface area contributed by atoms with Crippen LogP contribution >= 0.6 is 0 Å². The lowest BCUT2D eigenvalue weighted by Gasteiger charge is -2.29. The molecule has 5 rings (SSSR count). The highest BCUT2D eigenvalue weighted by molar-refractivity contribution is 6.20. The Bertz CT molecular complexity index is 1250. The van der Waals surface area contributed by atoms with Crippen LogP contribution < -0.4 is 10.6 Å². The summed E-state index contributed by atoms with van der Waals surface area (Å²) in [6.07, 6.45) is 0. The summed E-state index contributed by atoms with van der Waals surface area (Å²) in [6.45, 7) is 4.24. The van der Waals surface area contributed by atoms with Crippen molar-refractivity contribution in [1.29, 1.82) is 0 Å². The number of hydrogen-bond donors (Lipinski definition) is 1. The fourth-order valence-corrected chi connectivity index (χ4v) is 4.17. The molecule has 2 N–H and O–H groups in total. The maximum atomic E-state index is 6.62. The van der Waals surface area contributed by atoms with Crippen LogP contribution in [0.4, 0.5) is 22.7 Å². The first-order valence-corrected chi connectivity index (χ1v) is 10.3. The molecule has 0 saturated carbocycles. The summed E-state index contributed by atoms with van der Waals surface area (Å²) in [6, 6.07) is 34.3. The summed E-state index contributed by atoms with van der Waals surface area (Å²) in [4.78, 5) is 2.35. The van der Waals surface area contributed by atoms with E-state index in [1.54, 1.807) is 0 Å². The quantitative estimate of drug-likeness (QED) is 0.195. The molecule has 0 aliphatic carbocycles. The number of anilines is 4. The Kier molecular flexibility index (Phi) is 4.40. The minimum absolute atomic E-state index is 0.831. The third kappa shape index (κ3) is 2.98. The van der Waals surface area contributed by atoms with E-state index in [1.165, 1.54) is 11.1 Å². The monoisotopic (exact) mass is 388 g/mol. The van der Waals surface area contributed by atoms with Gasteiger partial charge in [-0.1, -0.05) is 83.9 Å². The van der Waals surface area contributed by atoms with Gasteiger partial charge in [0.25, 0.3) is 0 Å². The van der Waals surface area contributed by atoms with Crippen LogP contribution in [-0.4, -0.2) is 0 Å². The lowest BCUT2D eigenvalue weighted by atomic mass is 9.97. The van der Waals surface area contributed by atoms with Crippen molar-refractivity contribution >= 4 is 44.3 Å². The zero-order chi connectivity index (χ0) is 20.7. The van der Waals surface area contributed by atoms with Gasteiger partial charge in [0.2, 0.25) is 0 Å². The topological polar surface area (TPSA) is 29.3 Å². The summed E-state index contributed by atoms with van der Waals surface area (Å²) in [5, 5.41) is 4.45. The van der Waals surface area contributed by atoms with Gasteiger partial charge < -0.3 is 10.6 Å². The molecular formula is C28H24N2. The number of fused-ring (bicyclic) bond motifs is 2. The van der Waals surface area contributed by atoms with Gasteiger partial charge in [0, 0.05) is 38.6 Å². The molecule has 30 heavy (non-hydrogen) atoms. The molecule has 0 aliphatic rings. The van der Waals surface area contributed by atoms with E-state index >= 15 is 0 Å². The second kappa shape index (κ2) is 7.23. The molecule has 0 aliphatic heterocycles. The predicted octanol–water partition coefficient (Wildman–Crippen LogP) is 7.66. The van der Waals surface area contributed by atoms with Gasteiger partial charge in [-0.2, -0.15) is 0 Å². The normalized spacial score (nSPS) is 11.1. The van der Waals surface area contributed by atoms with E-state index in [-0.39, 0.29) is 0 Å². The summed E-state index contributed by atoms with van der Waals surface area (Å²) >= 11 is 0. The summed E-state index contributed by atoms with van der Waals surface area (Å²) < 4.78 is 0. The highest BCUT2D eigenvalue weighted by Gasteiger charge is 2.20. The first-order chi connectivity index (χ1) is 14.6. The minimum Gasteiger partial charge on any atom is -0.398 e. The van der Waals surface area contributed by atoms with Crippen LogP contribution in [0.1, 0.15) is 11.1 Å². The van der Waals surface area contributed by atoms with Gasteiger partial charge in [-0.15, -0.1) is 0 Å². The molecule has 0 amide bonds. The first-order valence-electron chi connectivity index (χ1n) is 10.3. The molecule has 146 valence electrons. The number of aryl methyl sites for hydroxylation is 2. The number of benzene rings is 5. The maximum absolute atomic E-state index is 6.62.